The first-order chi connectivity index (χ1) is 23.3. The molecule has 6 atom stereocenters. The number of para-hydroxylation sites is 1. The summed E-state index contributed by atoms with van der Waals surface area (Å²) in [6, 6.07) is 7.77. The molecule has 0 saturated carbocycles. The van der Waals surface area contributed by atoms with Crippen molar-refractivity contribution in [3.63, 3.8) is 0 Å². The van der Waals surface area contributed by atoms with E-state index >= 15 is 0 Å². The summed E-state index contributed by atoms with van der Waals surface area (Å²) in [5.74, 6) is -2.22. The topological polar surface area (TPSA) is 264 Å². The molecule has 1 fully saturated rings. The van der Waals surface area contributed by atoms with Gasteiger partial charge in [-0.25, -0.2) is 23.0 Å². The quantitative estimate of drug-likeness (QED) is 0.114. The van der Waals surface area contributed by atoms with Crippen LogP contribution in [0.2, 0.25) is 0 Å². The van der Waals surface area contributed by atoms with Crippen molar-refractivity contribution in [1.82, 2.24) is 14.3 Å². The largest absolute Gasteiger partial charge is 0.489 e. The van der Waals surface area contributed by atoms with Crippen LogP contribution in [0.3, 0.4) is 0 Å². The van der Waals surface area contributed by atoms with E-state index in [2.05, 4.69) is 9.47 Å². The van der Waals surface area contributed by atoms with Crippen LogP contribution in [0.25, 0.3) is 11.0 Å². The Morgan fingerprint density at radius 2 is 1.66 bits per heavy atom. The first kappa shape index (κ1) is 39.2. The molecule has 50 heavy (non-hydrogen) atoms. The molecule has 0 aliphatic carbocycles. The Labute approximate surface area is 283 Å². The number of phosphoric acid groups is 2. The van der Waals surface area contributed by atoms with E-state index in [1.165, 1.54) is 34.6 Å². The normalized spacial score (nSPS) is 21.9. The molecule has 0 spiro atoms. The summed E-state index contributed by atoms with van der Waals surface area (Å²) in [6.07, 6.45) is -5.82. The number of aromatic nitrogens is 3. The summed E-state index contributed by atoms with van der Waals surface area (Å²) in [4.78, 5) is 60.1. The molecule has 3 aromatic rings. The maximum absolute atomic E-state index is 13.4. The van der Waals surface area contributed by atoms with Crippen molar-refractivity contribution < 1.29 is 70.4 Å². The average Bonchev–Trinajstić information content (AvgIpc) is 3.57. The van der Waals surface area contributed by atoms with Gasteiger partial charge in [0.05, 0.1) is 24.5 Å². The molecule has 1 aliphatic rings. The third-order valence-electron chi connectivity index (χ3n) is 6.97. The highest BCUT2D eigenvalue weighted by Crippen LogP contribution is 2.63. The molecule has 1 saturated heterocycles. The van der Waals surface area contributed by atoms with Gasteiger partial charge >= 0.3 is 33.3 Å². The van der Waals surface area contributed by atoms with Crippen LogP contribution in [0, 0.1) is 11.3 Å². The number of carbonyl (C=O) groups excluding carboxylic acids is 2. The molecule has 3 heterocycles. The number of rotatable bonds is 15. The van der Waals surface area contributed by atoms with Gasteiger partial charge in [-0.15, -0.1) is 0 Å². The maximum Gasteiger partial charge on any atom is 0.489 e. The lowest BCUT2D eigenvalue weighted by Crippen LogP contribution is -2.43. The van der Waals surface area contributed by atoms with E-state index in [4.69, 9.17) is 32.3 Å². The summed E-state index contributed by atoms with van der Waals surface area (Å²) in [6.45, 7) is 4.07. The monoisotopic (exact) mass is 749 g/mol. The van der Waals surface area contributed by atoms with Gasteiger partial charge in [0.15, 0.2) is 11.8 Å². The van der Waals surface area contributed by atoms with Gasteiger partial charge in [-0.1, -0.05) is 31.1 Å². The van der Waals surface area contributed by atoms with Gasteiger partial charge in [0.1, 0.15) is 24.0 Å². The molecule has 2 aromatic heterocycles. The van der Waals surface area contributed by atoms with E-state index in [0.717, 1.165) is 21.4 Å². The highest BCUT2D eigenvalue weighted by molar-refractivity contribution is 7.61. The summed E-state index contributed by atoms with van der Waals surface area (Å²) in [5, 5.41) is 25.8. The van der Waals surface area contributed by atoms with E-state index in [1.54, 1.807) is 24.3 Å². The van der Waals surface area contributed by atoms with Crippen LogP contribution < -0.4 is 11.2 Å². The zero-order valence-electron chi connectivity index (χ0n) is 27.5. The minimum atomic E-state index is -5.46. The lowest BCUT2D eigenvalue weighted by molar-refractivity contribution is -0.161. The highest BCUT2D eigenvalue weighted by Gasteiger charge is 2.47. The number of carbonyl (C=O) groups is 2. The predicted molar refractivity (Wildman–Crippen MR) is 167 cm³/mol. The van der Waals surface area contributed by atoms with Gasteiger partial charge in [-0.3, -0.25) is 28.0 Å². The van der Waals surface area contributed by atoms with Gasteiger partial charge in [0.2, 0.25) is 13.6 Å². The summed E-state index contributed by atoms with van der Waals surface area (Å²) in [7, 11) is -10.6. The lowest BCUT2D eigenvalue weighted by atomic mass is 9.98. The van der Waals surface area contributed by atoms with Crippen molar-refractivity contribution >= 4 is 38.6 Å². The molecule has 4 rings (SSSR count). The van der Waals surface area contributed by atoms with Gasteiger partial charge in [0.25, 0.3) is 5.56 Å². The van der Waals surface area contributed by atoms with E-state index in [0.29, 0.717) is 11.0 Å². The first-order valence-electron chi connectivity index (χ1n) is 14.9. The lowest BCUT2D eigenvalue weighted by Gasteiger charge is -2.22. The van der Waals surface area contributed by atoms with Gasteiger partial charge < -0.3 is 33.8 Å². The Morgan fingerprint density at radius 1 is 1.00 bits per heavy atom. The average molecular weight is 750 g/mol. The van der Waals surface area contributed by atoms with Gasteiger partial charge in [-0.2, -0.15) is 4.31 Å². The number of ether oxygens (including phenoxy) is 3. The van der Waals surface area contributed by atoms with Crippen LogP contribution in [-0.2, 0) is 57.4 Å². The molecule has 22 heteroatoms. The first-order valence-corrected chi connectivity index (χ1v) is 17.9. The van der Waals surface area contributed by atoms with Crippen LogP contribution in [0.15, 0.2) is 50.6 Å². The van der Waals surface area contributed by atoms with Crippen molar-refractivity contribution in [2.75, 3.05) is 20.2 Å². The van der Waals surface area contributed by atoms with Crippen molar-refractivity contribution in [2.45, 2.75) is 65.7 Å². The van der Waals surface area contributed by atoms with Crippen LogP contribution in [-0.4, -0.2) is 79.8 Å². The zero-order chi connectivity index (χ0) is 37.0. The van der Waals surface area contributed by atoms with Crippen LogP contribution in [0.5, 0.6) is 0 Å². The number of aliphatic hydroxyl groups is 2. The number of benzene rings is 1. The van der Waals surface area contributed by atoms with E-state index in [1.807, 2.05) is 0 Å². The Bertz CT molecular complexity index is 1900. The van der Waals surface area contributed by atoms with Crippen molar-refractivity contribution in [3.8, 4) is 0 Å². The molecule has 3 N–H and O–H groups in total. The Kier molecular flexibility index (Phi) is 12.4. The number of hydrogen-bond donors (Lipinski definition) is 3. The number of aliphatic hydroxyl groups excluding tert-OH is 2. The molecular weight excluding hydrogens is 712 g/mol. The molecule has 276 valence electrons. The van der Waals surface area contributed by atoms with E-state index in [-0.39, 0.29) is 12.2 Å². The fourth-order valence-corrected chi connectivity index (χ4v) is 6.60. The third-order valence-corrected chi connectivity index (χ3v) is 9.91. The molecule has 1 aliphatic heterocycles. The summed E-state index contributed by atoms with van der Waals surface area (Å²) >= 11 is 0. The number of phosphoric ester groups is 2. The highest BCUT2D eigenvalue weighted by atomic mass is 31.3. The number of esters is 2. The predicted octanol–water partition coefficient (Wildman–Crippen LogP) is 1.80. The third kappa shape index (κ3) is 9.61. The van der Waals surface area contributed by atoms with E-state index in [9.17, 15) is 43.4 Å². The smallest absolute Gasteiger partial charge is 0.438 e. The van der Waals surface area contributed by atoms with Crippen LogP contribution in [0.1, 0.15) is 46.5 Å². The Hall–Kier alpha value is -3.55. The number of nitrogens with zero attached hydrogens (tertiary/aromatic N) is 3. The summed E-state index contributed by atoms with van der Waals surface area (Å²) in [5.41, 5.74) is -1.99. The van der Waals surface area contributed by atoms with Crippen molar-refractivity contribution in [1.29, 1.82) is 0 Å². The Balaban J connectivity index is 1.45. The number of fused-ring (bicyclic) bond motifs is 1. The molecule has 20 nitrogen and oxygen atoms in total. The molecule has 0 bridgehead atoms. The minimum absolute atomic E-state index is 0.270. The van der Waals surface area contributed by atoms with E-state index < -0.39 is 94.9 Å². The Morgan fingerprint density at radius 3 is 2.32 bits per heavy atom. The summed E-state index contributed by atoms with van der Waals surface area (Å²) < 4.78 is 67.0. The number of hydrogen-bond acceptors (Lipinski definition) is 17. The van der Waals surface area contributed by atoms with Crippen molar-refractivity contribution in [2.24, 2.45) is 11.3 Å². The molecule has 0 radical (unpaired) electrons. The second-order valence-electron chi connectivity index (χ2n) is 12.2. The van der Waals surface area contributed by atoms with Gasteiger partial charge in [-0.05, 0) is 32.9 Å². The second-order valence-corrected chi connectivity index (χ2v) is 15.4. The van der Waals surface area contributed by atoms with Crippen LogP contribution >= 0.6 is 15.6 Å². The molecule has 4 unspecified atom stereocenters. The fourth-order valence-electron chi connectivity index (χ4n) is 4.25. The molecular formula is C28H37N3O17P2. The standard InChI is InChI=1S/C28H37N3O17P2/c1-16(2)25(35)41-14-44-50(40,45-15-42-26(36)28(3,4)5)48-49(38,39)43-13-20-22(33)23(34)24(46-20)30-11-10-21(32)31(27(30)37)12-18-17-8-6-7-9-19(17)47-29-18/h6-11,16,20,22-24,33-34H,12-15H2,1-5H3,(H,38,39)/t20-,22?,23?,24-,50?/m1/s1. The van der Waals surface area contributed by atoms with Crippen LogP contribution in [0.4, 0.5) is 0 Å². The second kappa shape index (κ2) is 15.8. The molecule has 1 aromatic carbocycles. The zero-order valence-corrected chi connectivity index (χ0v) is 29.3. The van der Waals surface area contributed by atoms with Gasteiger partial charge in [0, 0.05) is 17.6 Å². The maximum atomic E-state index is 13.4. The SMILES string of the molecule is CC(C)C(=O)OCOP(=O)(OCOC(=O)C(C)(C)C)OP(=O)(O)OC[C@H]1O[C@@H](n2ccc(=O)n(Cc3noc4ccccc34)c2=O)C(O)C1O. The van der Waals surface area contributed by atoms with Crippen molar-refractivity contribution in [3.05, 3.63) is 63.1 Å². The fraction of sp³-hybridized carbons (Fsp3) is 0.536. The molecule has 0 amide bonds. The minimum Gasteiger partial charge on any atom is -0.438 e.